The summed E-state index contributed by atoms with van der Waals surface area (Å²) in [5.41, 5.74) is 0.624. The quantitative estimate of drug-likeness (QED) is 0.423. The number of aliphatic hydroxyl groups excluding tert-OH is 1. The molecule has 0 spiro atoms. The SMILES string of the molecule is C=C(O)CC[C@H](NC(=O)C(=O)[C@@H](C)CC)C(=C)NCC. The first-order valence-corrected chi connectivity index (χ1v) is 6.97. The van der Waals surface area contributed by atoms with E-state index in [1.807, 2.05) is 13.8 Å². The van der Waals surface area contributed by atoms with E-state index >= 15 is 0 Å². The van der Waals surface area contributed by atoms with E-state index in [0.717, 1.165) is 0 Å². The number of hydrogen-bond donors (Lipinski definition) is 3. The number of likely N-dealkylation sites (N-methyl/N-ethyl adjacent to an activating group) is 1. The van der Waals surface area contributed by atoms with Gasteiger partial charge in [-0.2, -0.15) is 0 Å². The maximum Gasteiger partial charge on any atom is 0.288 e. The summed E-state index contributed by atoms with van der Waals surface area (Å²) in [4.78, 5) is 23.7. The van der Waals surface area contributed by atoms with E-state index in [-0.39, 0.29) is 11.7 Å². The van der Waals surface area contributed by atoms with Crippen LogP contribution in [0.25, 0.3) is 0 Å². The zero-order chi connectivity index (χ0) is 15.7. The molecule has 0 radical (unpaired) electrons. The standard InChI is InChI=1S/C15H26N2O3/c1-6-10(3)14(19)15(20)17-13(9-8-11(4)18)12(5)16-7-2/h10,13,16,18H,4-9H2,1-3H3,(H,17,20)/t10-,13-/m0/s1. The molecule has 20 heavy (non-hydrogen) atoms. The third-order valence-corrected chi connectivity index (χ3v) is 3.14. The summed E-state index contributed by atoms with van der Waals surface area (Å²) >= 11 is 0. The van der Waals surface area contributed by atoms with Crippen molar-refractivity contribution in [3.05, 3.63) is 24.6 Å². The van der Waals surface area contributed by atoms with Gasteiger partial charge in [-0.3, -0.25) is 9.59 Å². The molecule has 0 aromatic heterocycles. The summed E-state index contributed by atoms with van der Waals surface area (Å²) in [6, 6.07) is -0.403. The first-order chi connectivity index (χ1) is 9.33. The fourth-order valence-corrected chi connectivity index (χ4v) is 1.63. The van der Waals surface area contributed by atoms with E-state index in [4.69, 9.17) is 5.11 Å². The average molecular weight is 282 g/mol. The summed E-state index contributed by atoms with van der Waals surface area (Å²) in [6.07, 6.45) is 1.41. The summed E-state index contributed by atoms with van der Waals surface area (Å²) < 4.78 is 0. The van der Waals surface area contributed by atoms with Crippen LogP contribution in [0.15, 0.2) is 24.6 Å². The van der Waals surface area contributed by atoms with Crippen molar-refractivity contribution < 1.29 is 14.7 Å². The van der Waals surface area contributed by atoms with Crippen molar-refractivity contribution in [3.63, 3.8) is 0 Å². The lowest BCUT2D eigenvalue weighted by atomic mass is 10.0. The molecule has 0 unspecified atom stereocenters. The fourth-order valence-electron chi connectivity index (χ4n) is 1.63. The van der Waals surface area contributed by atoms with E-state index in [0.29, 0.717) is 31.5 Å². The smallest absolute Gasteiger partial charge is 0.288 e. The number of amides is 1. The second kappa shape index (κ2) is 9.18. The molecule has 3 N–H and O–H groups in total. The number of rotatable bonds is 10. The molecule has 5 heteroatoms. The molecule has 0 saturated carbocycles. The van der Waals surface area contributed by atoms with Gasteiger partial charge < -0.3 is 15.7 Å². The van der Waals surface area contributed by atoms with E-state index in [1.54, 1.807) is 6.92 Å². The average Bonchev–Trinajstić information content (AvgIpc) is 2.41. The maximum absolute atomic E-state index is 11.9. The number of hydrogen-bond acceptors (Lipinski definition) is 4. The van der Waals surface area contributed by atoms with Gasteiger partial charge in [-0.25, -0.2) is 0 Å². The van der Waals surface area contributed by atoms with Gasteiger partial charge >= 0.3 is 0 Å². The highest BCUT2D eigenvalue weighted by Crippen LogP contribution is 2.10. The second-order valence-corrected chi connectivity index (χ2v) is 4.86. The monoisotopic (exact) mass is 282 g/mol. The van der Waals surface area contributed by atoms with Crippen molar-refractivity contribution in [2.75, 3.05) is 6.54 Å². The van der Waals surface area contributed by atoms with Crippen LogP contribution in [0.2, 0.25) is 0 Å². The molecule has 114 valence electrons. The number of carbonyl (C=O) groups is 2. The summed E-state index contributed by atoms with van der Waals surface area (Å²) in [5.74, 6) is -1.28. The van der Waals surface area contributed by atoms with Crippen LogP contribution in [0.5, 0.6) is 0 Å². The minimum atomic E-state index is -0.605. The van der Waals surface area contributed by atoms with Crippen molar-refractivity contribution in [2.45, 2.75) is 46.1 Å². The lowest BCUT2D eigenvalue weighted by Crippen LogP contribution is -2.44. The van der Waals surface area contributed by atoms with Crippen LogP contribution in [0.3, 0.4) is 0 Å². The van der Waals surface area contributed by atoms with Gasteiger partial charge in [0.2, 0.25) is 5.78 Å². The van der Waals surface area contributed by atoms with E-state index in [2.05, 4.69) is 23.8 Å². The number of carbonyl (C=O) groups excluding carboxylic acids is 2. The highest BCUT2D eigenvalue weighted by Gasteiger charge is 2.23. The number of allylic oxidation sites excluding steroid dienone is 1. The van der Waals surface area contributed by atoms with Crippen molar-refractivity contribution in [2.24, 2.45) is 5.92 Å². The van der Waals surface area contributed by atoms with Crippen LogP contribution >= 0.6 is 0 Å². The number of ketones is 1. The van der Waals surface area contributed by atoms with Gasteiger partial charge in [0.15, 0.2) is 0 Å². The Balaban J connectivity index is 4.70. The molecule has 1 amide bonds. The predicted molar refractivity (Wildman–Crippen MR) is 80.2 cm³/mol. The van der Waals surface area contributed by atoms with Gasteiger partial charge in [-0.1, -0.05) is 27.0 Å². The predicted octanol–water partition coefficient (Wildman–Crippen LogP) is 2.06. The number of nitrogens with one attached hydrogen (secondary N) is 2. The molecule has 2 atom stereocenters. The normalized spacial score (nSPS) is 13.2. The molecule has 0 rings (SSSR count). The highest BCUT2D eigenvalue weighted by atomic mass is 16.3. The van der Waals surface area contributed by atoms with Gasteiger partial charge in [0.1, 0.15) is 0 Å². The molecule has 0 aromatic carbocycles. The number of aliphatic hydroxyl groups is 1. The van der Waals surface area contributed by atoms with E-state index in [9.17, 15) is 9.59 Å². The van der Waals surface area contributed by atoms with Crippen LogP contribution < -0.4 is 10.6 Å². The molecule has 0 fully saturated rings. The van der Waals surface area contributed by atoms with Gasteiger partial charge in [0, 0.05) is 24.6 Å². The topological polar surface area (TPSA) is 78.4 Å². The van der Waals surface area contributed by atoms with Gasteiger partial charge in [-0.05, 0) is 19.8 Å². The molecule has 0 bridgehead atoms. The molecule has 0 aromatic rings. The minimum Gasteiger partial charge on any atom is -0.513 e. The Kier molecular flexibility index (Phi) is 8.36. The second-order valence-electron chi connectivity index (χ2n) is 4.86. The molecular weight excluding hydrogens is 256 g/mol. The lowest BCUT2D eigenvalue weighted by molar-refractivity contribution is -0.140. The van der Waals surface area contributed by atoms with Gasteiger partial charge in [0.25, 0.3) is 5.91 Å². The van der Waals surface area contributed by atoms with Crippen LogP contribution in [0, 0.1) is 5.92 Å². The van der Waals surface area contributed by atoms with Crippen molar-refractivity contribution in [3.8, 4) is 0 Å². The highest BCUT2D eigenvalue weighted by molar-refractivity contribution is 6.36. The van der Waals surface area contributed by atoms with E-state index < -0.39 is 17.7 Å². The zero-order valence-corrected chi connectivity index (χ0v) is 12.7. The van der Waals surface area contributed by atoms with Crippen molar-refractivity contribution in [1.82, 2.24) is 10.6 Å². The van der Waals surface area contributed by atoms with Crippen LogP contribution in [0.1, 0.15) is 40.0 Å². The van der Waals surface area contributed by atoms with Crippen LogP contribution in [-0.2, 0) is 9.59 Å². The van der Waals surface area contributed by atoms with E-state index in [1.165, 1.54) is 0 Å². The van der Waals surface area contributed by atoms with Crippen LogP contribution in [-0.4, -0.2) is 29.4 Å². The molecule has 5 nitrogen and oxygen atoms in total. The van der Waals surface area contributed by atoms with Crippen molar-refractivity contribution in [1.29, 1.82) is 0 Å². The molecule has 0 aliphatic carbocycles. The Morgan fingerprint density at radius 1 is 1.25 bits per heavy atom. The fraction of sp³-hybridized carbons (Fsp3) is 0.600. The number of Topliss-reactive ketones (excluding diaryl/α,β-unsaturated/α-hetero) is 1. The zero-order valence-electron chi connectivity index (χ0n) is 12.7. The molecule has 0 aliphatic rings. The lowest BCUT2D eigenvalue weighted by Gasteiger charge is -2.22. The Morgan fingerprint density at radius 2 is 1.85 bits per heavy atom. The molecule has 0 saturated heterocycles. The summed E-state index contributed by atoms with van der Waals surface area (Å²) in [7, 11) is 0. The Hall–Kier alpha value is -1.78. The first-order valence-electron chi connectivity index (χ1n) is 6.97. The Labute approximate surface area is 121 Å². The first kappa shape index (κ1) is 18.2. The molecule has 0 aliphatic heterocycles. The molecular formula is C15H26N2O3. The van der Waals surface area contributed by atoms with Crippen LogP contribution in [0.4, 0.5) is 0 Å². The van der Waals surface area contributed by atoms with Gasteiger partial charge in [0.05, 0.1) is 11.8 Å². The third-order valence-electron chi connectivity index (χ3n) is 3.14. The third kappa shape index (κ3) is 6.41. The Morgan fingerprint density at radius 3 is 2.30 bits per heavy atom. The summed E-state index contributed by atoms with van der Waals surface area (Å²) in [5, 5.41) is 14.9. The van der Waals surface area contributed by atoms with Crippen molar-refractivity contribution >= 4 is 11.7 Å². The maximum atomic E-state index is 11.9. The minimum absolute atomic E-state index is 0.0433. The van der Waals surface area contributed by atoms with Gasteiger partial charge in [-0.15, -0.1) is 0 Å². The largest absolute Gasteiger partial charge is 0.513 e. The summed E-state index contributed by atoms with van der Waals surface area (Å²) in [6.45, 7) is 13.4. The molecule has 0 heterocycles. The Bertz CT molecular complexity index is 377.